The van der Waals surface area contributed by atoms with Crippen LogP contribution in [0.25, 0.3) is 0 Å². The molecule has 2 rings (SSSR count). The molecule has 1 unspecified atom stereocenters. The molecule has 0 fully saturated rings. The molecule has 0 amide bonds. The molecule has 0 aromatic heterocycles. The van der Waals surface area contributed by atoms with E-state index in [0.29, 0.717) is 11.2 Å². The predicted octanol–water partition coefficient (Wildman–Crippen LogP) is 0.742. The zero-order valence-corrected chi connectivity index (χ0v) is 8.46. The maximum Gasteiger partial charge on any atom is 0.490 e. The highest BCUT2D eigenvalue weighted by molar-refractivity contribution is 6.60. The van der Waals surface area contributed by atoms with E-state index in [4.69, 9.17) is 0 Å². The molecule has 1 aliphatic rings. The number of rotatable bonds is 1. The van der Waals surface area contributed by atoms with E-state index in [9.17, 15) is 10.0 Å². The number of para-hydroxylation sites is 1. The summed E-state index contributed by atoms with van der Waals surface area (Å²) in [5.41, 5.74) is 2.15. The van der Waals surface area contributed by atoms with Gasteiger partial charge in [-0.15, -0.1) is 0 Å². The number of hydrogen-bond donors (Lipinski definition) is 2. The van der Waals surface area contributed by atoms with Crippen molar-refractivity contribution in [1.29, 1.82) is 0 Å². The van der Waals surface area contributed by atoms with Crippen molar-refractivity contribution in [2.24, 2.45) is 4.99 Å². The molecule has 15 heavy (non-hydrogen) atoms. The van der Waals surface area contributed by atoms with Crippen LogP contribution in [0.2, 0.25) is 0 Å². The Hall–Kier alpha value is -1.39. The van der Waals surface area contributed by atoms with Crippen LogP contribution in [-0.4, -0.2) is 23.4 Å². The van der Waals surface area contributed by atoms with Gasteiger partial charge in [-0.3, -0.25) is 4.99 Å². The summed E-state index contributed by atoms with van der Waals surface area (Å²) in [5.74, 6) is 0.237. The molecule has 1 aromatic rings. The average Bonchev–Trinajstić information content (AvgIpc) is 2.40. The van der Waals surface area contributed by atoms with Crippen LogP contribution >= 0.6 is 0 Å². The zero-order valence-electron chi connectivity index (χ0n) is 8.46. The molecule has 3 nitrogen and oxygen atoms in total. The third-order valence-electron chi connectivity index (χ3n) is 2.56. The van der Waals surface area contributed by atoms with Crippen LogP contribution < -0.4 is 5.46 Å². The number of aliphatic imine (C=N–C) groups is 1. The Morgan fingerprint density at radius 3 is 2.87 bits per heavy atom. The molecule has 0 spiro atoms. The highest BCUT2D eigenvalue weighted by Gasteiger charge is 2.20. The van der Waals surface area contributed by atoms with Crippen LogP contribution in [0.5, 0.6) is 0 Å². The third-order valence-corrected chi connectivity index (χ3v) is 2.56. The molecule has 0 aliphatic carbocycles. The van der Waals surface area contributed by atoms with Gasteiger partial charge < -0.3 is 10.0 Å². The lowest BCUT2D eigenvalue weighted by atomic mass is 9.77. The first-order valence-corrected chi connectivity index (χ1v) is 4.90. The van der Waals surface area contributed by atoms with Crippen molar-refractivity contribution in [2.75, 3.05) is 0 Å². The second-order valence-electron chi connectivity index (χ2n) is 3.61. The van der Waals surface area contributed by atoms with E-state index in [0.717, 1.165) is 5.56 Å². The lowest BCUT2D eigenvalue weighted by molar-refractivity contribution is 0.426. The molecule has 1 aromatic carbocycles. The first-order chi connectivity index (χ1) is 7.20. The number of benzene rings is 1. The van der Waals surface area contributed by atoms with Crippen molar-refractivity contribution in [1.82, 2.24) is 0 Å². The Balaban J connectivity index is 2.60. The quantitative estimate of drug-likeness (QED) is 0.658. The molecule has 1 heterocycles. The van der Waals surface area contributed by atoms with Crippen molar-refractivity contribution >= 4 is 24.5 Å². The van der Waals surface area contributed by atoms with E-state index in [-0.39, 0.29) is 5.92 Å². The van der Waals surface area contributed by atoms with Gasteiger partial charge in [-0.2, -0.15) is 0 Å². The molecule has 0 radical (unpaired) electrons. The summed E-state index contributed by atoms with van der Waals surface area (Å²) in [7, 11) is -1.47. The van der Waals surface area contributed by atoms with Gasteiger partial charge in [0.05, 0.1) is 5.69 Å². The summed E-state index contributed by atoms with van der Waals surface area (Å²) in [6.45, 7) is 2.05. The Bertz CT molecular complexity index is 427. The molecular formula is C11H12BNO2. The molecule has 0 saturated carbocycles. The van der Waals surface area contributed by atoms with Crippen LogP contribution in [0.1, 0.15) is 18.4 Å². The molecule has 1 atom stereocenters. The van der Waals surface area contributed by atoms with Crippen molar-refractivity contribution in [3.63, 3.8) is 0 Å². The minimum absolute atomic E-state index is 0.237. The van der Waals surface area contributed by atoms with Crippen molar-refractivity contribution in [3.05, 3.63) is 35.9 Å². The summed E-state index contributed by atoms with van der Waals surface area (Å²) in [6, 6.07) is 5.45. The largest absolute Gasteiger partial charge is 0.490 e. The van der Waals surface area contributed by atoms with E-state index >= 15 is 0 Å². The molecular weight excluding hydrogens is 189 g/mol. The Kier molecular flexibility index (Phi) is 2.71. The molecule has 0 saturated heterocycles. The van der Waals surface area contributed by atoms with E-state index in [1.165, 1.54) is 0 Å². The first-order valence-electron chi connectivity index (χ1n) is 4.90. The van der Waals surface area contributed by atoms with E-state index < -0.39 is 7.12 Å². The van der Waals surface area contributed by atoms with E-state index in [1.54, 1.807) is 12.3 Å². The van der Waals surface area contributed by atoms with Gasteiger partial charge in [0.25, 0.3) is 0 Å². The lowest BCUT2D eigenvalue weighted by Gasteiger charge is -2.12. The standard InChI is InChI=1S/C11H12BNO2/c1-8-4-3-7-13-11-9(8)5-2-6-10(11)12(14)15/h2-8,14-15H,1H3. The van der Waals surface area contributed by atoms with Gasteiger partial charge in [0, 0.05) is 17.6 Å². The SMILES string of the molecule is CC1C=CC=Nc2c(B(O)O)cccc21. The highest BCUT2D eigenvalue weighted by Crippen LogP contribution is 2.27. The van der Waals surface area contributed by atoms with Crippen molar-refractivity contribution in [3.8, 4) is 0 Å². The summed E-state index contributed by atoms with van der Waals surface area (Å²) < 4.78 is 0. The van der Waals surface area contributed by atoms with Gasteiger partial charge in [-0.05, 0) is 11.6 Å². The second kappa shape index (κ2) is 4.00. The molecule has 4 heteroatoms. The van der Waals surface area contributed by atoms with Gasteiger partial charge in [0.2, 0.25) is 0 Å². The Labute approximate surface area is 88.9 Å². The van der Waals surface area contributed by atoms with Crippen LogP contribution in [0, 0.1) is 0 Å². The van der Waals surface area contributed by atoms with Crippen LogP contribution in [-0.2, 0) is 0 Å². The summed E-state index contributed by atoms with van der Waals surface area (Å²) >= 11 is 0. The average molecular weight is 201 g/mol. The van der Waals surface area contributed by atoms with Gasteiger partial charge >= 0.3 is 7.12 Å². The number of fused-ring (bicyclic) bond motifs is 1. The Morgan fingerprint density at radius 2 is 2.13 bits per heavy atom. The van der Waals surface area contributed by atoms with Gasteiger partial charge in [0.1, 0.15) is 0 Å². The minimum Gasteiger partial charge on any atom is -0.423 e. The Morgan fingerprint density at radius 1 is 1.33 bits per heavy atom. The summed E-state index contributed by atoms with van der Waals surface area (Å²) in [6.07, 6.45) is 5.58. The minimum atomic E-state index is -1.47. The van der Waals surface area contributed by atoms with E-state index in [1.807, 2.05) is 24.3 Å². The fraction of sp³-hybridized carbons (Fsp3) is 0.182. The van der Waals surface area contributed by atoms with Crippen LogP contribution in [0.3, 0.4) is 0 Å². The zero-order chi connectivity index (χ0) is 10.8. The number of nitrogens with zero attached hydrogens (tertiary/aromatic N) is 1. The maximum atomic E-state index is 9.22. The second-order valence-corrected chi connectivity index (χ2v) is 3.61. The third kappa shape index (κ3) is 1.86. The fourth-order valence-corrected chi connectivity index (χ4v) is 1.74. The normalized spacial score (nSPS) is 18.5. The van der Waals surface area contributed by atoms with Crippen molar-refractivity contribution in [2.45, 2.75) is 12.8 Å². The number of hydrogen-bond acceptors (Lipinski definition) is 3. The molecule has 0 bridgehead atoms. The maximum absolute atomic E-state index is 9.22. The summed E-state index contributed by atoms with van der Waals surface area (Å²) in [4.78, 5) is 4.23. The fourth-order valence-electron chi connectivity index (χ4n) is 1.74. The number of allylic oxidation sites excluding steroid dienone is 2. The molecule has 76 valence electrons. The first kappa shape index (κ1) is 10.1. The van der Waals surface area contributed by atoms with Gasteiger partial charge in [-0.1, -0.05) is 31.2 Å². The monoisotopic (exact) mass is 201 g/mol. The van der Waals surface area contributed by atoms with Crippen molar-refractivity contribution < 1.29 is 10.0 Å². The van der Waals surface area contributed by atoms with Gasteiger partial charge in [0.15, 0.2) is 0 Å². The highest BCUT2D eigenvalue weighted by atomic mass is 16.4. The van der Waals surface area contributed by atoms with Crippen LogP contribution in [0.4, 0.5) is 5.69 Å². The predicted molar refractivity (Wildman–Crippen MR) is 62.0 cm³/mol. The van der Waals surface area contributed by atoms with Crippen LogP contribution in [0.15, 0.2) is 35.3 Å². The molecule has 1 aliphatic heterocycles. The topological polar surface area (TPSA) is 52.8 Å². The van der Waals surface area contributed by atoms with E-state index in [2.05, 4.69) is 11.9 Å². The summed E-state index contributed by atoms with van der Waals surface area (Å²) in [5, 5.41) is 18.4. The smallest absolute Gasteiger partial charge is 0.423 e. The van der Waals surface area contributed by atoms with Gasteiger partial charge in [-0.25, -0.2) is 0 Å². The molecule has 2 N–H and O–H groups in total. The lowest BCUT2D eigenvalue weighted by Crippen LogP contribution is -2.30.